The van der Waals surface area contributed by atoms with Gasteiger partial charge in [0.25, 0.3) is 0 Å². The summed E-state index contributed by atoms with van der Waals surface area (Å²) in [6.07, 6.45) is 0.217. The molecule has 1 saturated carbocycles. The Morgan fingerprint density at radius 2 is 1.93 bits per heavy atom. The Morgan fingerprint density at radius 3 is 2.50 bits per heavy atom. The molecule has 0 unspecified atom stereocenters. The second kappa shape index (κ2) is 11.3. The van der Waals surface area contributed by atoms with Crippen LogP contribution in [0.2, 0.25) is 0 Å². The molecule has 1 aliphatic rings. The molecule has 1 aliphatic carbocycles. The SMILES string of the molecule is CCNC(=NCc1ccc(OCC(F)(F)F)c(OC)c1)NCC1(CCOC)CCC1. The molecule has 0 heterocycles. The highest BCUT2D eigenvalue weighted by Gasteiger charge is 2.36. The predicted molar refractivity (Wildman–Crippen MR) is 110 cm³/mol. The summed E-state index contributed by atoms with van der Waals surface area (Å²) in [6, 6.07) is 4.81. The van der Waals surface area contributed by atoms with Crippen molar-refractivity contribution < 1.29 is 27.4 Å². The van der Waals surface area contributed by atoms with Crippen molar-refractivity contribution >= 4 is 5.96 Å². The van der Waals surface area contributed by atoms with E-state index >= 15 is 0 Å². The second-order valence-corrected chi connectivity index (χ2v) is 7.53. The van der Waals surface area contributed by atoms with Gasteiger partial charge < -0.3 is 24.8 Å². The van der Waals surface area contributed by atoms with Crippen LogP contribution >= 0.6 is 0 Å². The first-order valence-electron chi connectivity index (χ1n) is 10.2. The van der Waals surface area contributed by atoms with E-state index in [-0.39, 0.29) is 16.9 Å². The average Bonchev–Trinajstić information content (AvgIpc) is 2.68. The number of nitrogens with one attached hydrogen (secondary N) is 2. The van der Waals surface area contributed by atoms with Gasteiger partial charge in [0.15, 0.2) is 24.1 Å². The normalized spacial score (nSPS) is 16.0. The van der Waals surface area contributed by atoms with Crippen molar-refractivity contribution in [1.82, 2.24) is 10.6 Å². The van der Waals surface area contributed by atoms with E-state index in [1.807, 2.05) is 6.92 Å². The van der Waals surface area contributed by atoms with Crippen LogP contribution in [0.25, 0.3) is 0 Å². The second-order valence-electron chi connectivity index (χ2n) is 7.53. The van der Waals surface area contributed by atoms with E-state index in [9.17, 15) is 13.2 Å². The first-order chi connectivity index (χ1) is 14.3. The van der Waals surface area contributed by atoms with E-state index < -0.39 is 12.8 Å². The van der Waals surface area contributed by atoms with Crippen LogP contribution < -0.4 is 20.1 Å². The molecule has 6 nitrogen and oxygen atoms in total. The van der Waals surface area contributed by atoms with Gasteiger partial charge in [-0.05, 0) is 49.3 Å². The third kappa shape index (κ3) is 7.59. The standard InChI is InChI=1S/C21H32F3N3O3/c1-4-25-19(27-14-20(8-5-9-20)10-11-28-2)26-13-16-6-7-17(18(12-16)29-3)30-15-21(22,23)24/h6-7,12H,4-5,8-11,13-15H2,1-3H3,(H2,25,26,27). The number of hydrogen-bond acceptors (Lipinski definition) is 4. The van der Waals surface area contributed by atoms with Crippen LogP contribution in [0.1, 0.15) is 38.2 Å². The molecule has 1 aromatic rings. The minimum absolute atomic E-state index is 0.0534. The number of ether oxygens (including phenoxy) is 3. The van der Waals surface area contributed by atoms with E-state index in [0.29, 0.717) is 12.5 Å². The van der Waals surface area contributed by atoms with Gasteiger partial charge in [-0.3, -0.25) is 0 Å². The summed E-state index contributed by atoms with van der Waals surface area (Å²) in [5, 5.41) is 6.66. The summed E-state index contributed by atoms with van der Waals surface area (Å²) < 4.78 is 52.4. The number of nitrogens with zero attached hydrogens (tertiary/aromatic N) is 1. The largest absolute Gasteiger partial charge is 0.493 e. The number of alkyl halides is 3. The number of hydrogen-bond donors (Lipinski definition) is 2. The molecular weight excluding hydrogens is 399 g/mol. The van der Waals surface area contributed by atoms with Crippen molar-refractivity contribution in [3.05, 3.63) is 23.8 Å². The lowest BCUT2D eigenvalue weighted by Gasteiger charge is -2.42. The average molecular weight is 431 g/mol. The summed E-state index contributed by atoms with van der Waals surface area (Å²) in [5.41, 5.74) is 1.06. The van der Waals surface area contributed by atoms with Crippen molar-refractivity contribution in [2.75, 3.05) is 40.5 Å². The Balaban J connectivity index is 1.99. The van der Waals surface area contributed by atoms with Crippen LogP contribution in [0, 0.1) is 5.41 Å². The molecule has 170 valence electrons. The Labute approximate surface area is 176 Å². The van der Waals surface area contributed by atoms with Gasteiger partial charge in [-0.2, -0.15) is 13.2 Å². The molecule has 1 fully saturated rings. The Morgan fingerprint density at radius 1 is 1.17 bits per heavy atom. The highest BCUT2D eigenvalue weighted by atomic mass is 19.4. The first-order valence-corrected chi connectivity index (χ1v) is 10.2. The number of aliphatic imine (C=N–C) groups is 1. The van der Waals surface area contributed by atoms with Gasteiger partial charge in [0.1, 0.15) is 0 Å². The number of halogens is 3. The molecule has 0 aromatic heterocycles. The van der Waals surface area contributed by atoms with Gasteiger partial charge >= 0.3 is 6.18 Å². The maximum absolute atomic E-state index is 12.4. The van der Waals surface area contributed by atoms with Crippen molar-refractivity contribution in [3.63, 3.8) is 0 Å². The number of benzene rings is 1. The Kier molecular flexibility index (Phi) is 9.08. The summed E-state index contributed by atoms with van der Waals surface area (Å²) in [4.78, 5) is 4.60. The lowest BCUT2D eigenvalue weighted by molar-refractivity contribution is -0.153. The minimum atomic E-state index is -4.40. The fourth-order valence-corrected chi connectivity index (χ4v) is 3.38. The van der Waals surface area contributed by atoms with Gasteiger partial charge in [-0.1, -0.05) is 12.5 Å². The Hall–Kier alpha value is -2.16. The zero-order valence-corrected chi connectivity index (χ0v) is 17.9. The highest BCUT2D eigenvalue weighted by Crippen LogP contribution is 2.43. The molecule has 2 rings (SSSR count). The summed E-state index contributed by atoms with van der Waals surface area (Å²) in [6.45, 7) is 3.30. The fourth-order valence-electron chi connectivity index (χ4n) is 3.38. The quantitative estimate of drug-likeness (QED) is 0.411. The lowest BCUT2D eigenvalue weighted by Crippen LogP contribution is -2.46. The van der Waals surface area contributed by atoms with Gasteiger partial charge in [-0.25, -0.2) is 4.99 Å². The number of rotatable bonds is 11. The van der Waals surface area contributed by atoms with E-state index in [4.69, 9.17) is 14.2 Å². The van der Waals surface area contributed by atoms with E-state index in [1.165, 1.54) is 32.4 Å². The zero-order chi connectivity index (χ0) is 22.0. The molecule has 2 N–H and O–H groups in total. The molecule has 9 heteroatoms. The lowest BCUT2D eigenvalue weighted by atomic mass is 9.67. The number of guanidine groups is 1. The maximum atomic E-state index is 12.4. The van der Waals surface area contributed by atoms with Crippen LogP contribution in [0.5, 0.6) is 11.5 Å². The molecule has 0 saturated heterocycles. The van der Waals surface area contributed by atoms with Crippen molar-refractivity contribution in [3.8, 4) is 11.5 Å². The van der Waals surface area contributed by atoms with E-state index in [2.05, 4.69) is 15.6 Å². The summed E-state index contributed by atoms with van der Waals surface area (Å²) >= 11 is 0. The van der Waals surface area contributed by atoms with E-state index in [1.54, 1.807) is 19.2 Å². The van der Waals surface area contributed by atoms with Crippen molar-refractivity contribution in [1.29, 1.82) is 0 Å². The highest BCUT2D eigenvalue weighted by molar-refractivity contribution is 5.79. The van der Waals surface area contributed by atoms with Gasteiger partial charge in [0.05, 0.1) is 13.7 Å². The van der Waals surface area contributed by atoms with Gasteiger partial charge in [-0.15, -0.1) is 0 Å². The van der Waals surface area contributed by atoms with Gasteiger partial charge in [0.2, 0.25) is 0 Å². The number of methoxy groups -OCH3 is 2. The molecule has 0 aliphatic heterocycles. The third-order valence-electron chi connectivity index (χ3n) is 5.26. The van der Waals surface area contributed by atoms with Crippen LogP contribution in [-0.4, -0.2) is 52.7 Å². The summed E-state index contributed by atoms with van der Waals surface area (Å²) in [7, 11) is 3.12. The van der Waals surface area contributed by atoms with Crippen LogP contribution in [-0.2, 0) is 11.3 Å². The van der Waals surface area contributed by atoms with Crippen LogP contribution in [0.15, 0.2) is 23.2 Å². The smallest absolute Gasteiger partial charge is 0.422 e. The first kappa shape index (κ1) is 24.1. The topological polar surface area (TPSA) is 64.1 Å². The van der Waals surface area contributed by atoms with Crippen LogP contribution in [0.3, 0.4) is 0 Å². The molecule has 0 amide bonds. The molecule has 0 spiro atoms. The van der Waals surface area contributed by atoms with Crippen molar-refractivity contribution in [2.24, 2.45) is 10.4 Å². The predicted octanol–water partition coefficient (Wildman–Crippen LogP) is 3.90. The summed E-state index contributed by atoms with van der Waals surface area (Å²) in [5.74, 6) is 1.01. The van der Waals surface area contributed by atoms with Gasteiger partial charge in [0, 0.05) is 26.8 Å². The molecule has 0 bridgehead atoms. The van der Waals surface area contributed by atoms with Crippen molar-refractivity contribution in [2.45, 2.75) is 45.3 Å². The monoisotopic (exact) mass is 431 g/mol. The molecular formula is C21H32F3N3O3. The van der Waals surface area contributed by atoms with E-state index in [0.717, 1.165) is 31.7 Å². The molecule has 0 atom stereocenters. The molecule has 1 aromatic carbocycles. The third-order valence-corrected chi connectivity index (χ3v) is 5.26. The minimum Gasteiger partial charge on any atom is -0.493 e. The molecule has 30 heavy (non-hydrogen) atoms. The maximum Gasteiger partial charge on any atom is 0.422 e. The molecule has 0 radical (unpaired) electrons. The zero-order valence-electron chi connectivity index (χ0n) is 17.9. The fraction of sp³-hybridized carbons (Fsp3) is 0.667. The Bertz CT molecular complexity index is 692. The van der Waals surface area contributed by atoms with Crippen LogP contribution in [0.4, 0.5) is 13.2 Å².